The van der Waals surface area contributed by atoms with Gasteiger partial charge in [0.15, 0.2) is 0 Å². The number of carbonyl (C=O) groups is 1. The summed E-state index contributed by atoms with van der Waals surface area (Å²) in [6, 6.07) is 0. The molecule has 0 aliphatic heterocycles. The highest BCUT2D eigenvalue weighted by atomic mass is 16.1. The molecule has 0 aromatic carbocycles. The fourth-order valence-corrected chi connectivity index (χ4v) is 2.05. The highest BCUT2D eigenvalue weighted by Gasteiger charge is 2.25. The summed E-state index contributed by atoms with van der Waals surface area (Å²) in [6.45, 7) is 6.59. The van der Waals surface area contributed by atoms with Crippen molar-refractivity contribution in [3.05, 3.63) is 0 Å². The van der Waals surface area contributed by atoms with Gasteiger partial charge in [0, 0.05) is 12.3 Å². The number of hydrogen-bond donors (Lipinski definition) is 0. The largest absolute Gasteiger partial charge is 0.299 e. The fraction of sp³-hybridized carbons (Fsp3) is 0.909. The van der Waals surface area contributed by atoms with Gasteiger partial charge in [0.1, 0.15) is 5.78 Å². The first-order valence-electron chi connectivity index (χ1n) is 5.14. The van der Waals surface area contributed by atoms with Gasteiger partial charge in [0.25, 0.3) is 0 Å². The molecule has 0 bridgehead atoms. The van der Waals surface area contributed by atoms with Gasteiger partial charge in [-0.25, -0.2) is 0 Å². The van der Waals surface area contributed by atoms with Gasteiger partial charge in [0.2, 0.25) is 0 Å². The smallest absolute Gasteiger partial charge is 0.136 e. The Bertz CT molecular complexity index is 160. The Balaban J connectivity index is 2.56. The van der Waals surface area contributed by atoms with E-state index in [1.165, 1.54) is 6.42 Å². The molecule has 0 heterocycles. The normalized spacial score (nSPS) is 32.2. The van der Waals surface area contributed by atoms with Crippen molar-refractivity contribution >= 4 is 5.78 Å². The first-order valence-corrected chi connectivity index (χ1v) is 5.14. The third-order valence-electron chi connectivity index (χ3n) is 3.07. The zero-order valence-corrected chi connectivity index (χ0v) is 8.47. The summed E-state index contributed by atoms with van der Waals surface area (Å²) in [7, 11) is 0. The van der Waals surface area contributed by atoms with Crippen molar-refractivity contribution in [2.24, 2.45) is 17.8 Å². The SMILES string of the molecule is CC(C)[C@H]1CC[C@@H](C)CCC1=O. The topological polar surface area (TPSA) is 17.1 Å². The molecule has 2 atom stereocenters. The van der Waals surface area contributed by atoms with Crippen LogP contribution in [0.1, 0.15) is 46.5 Å². The van der Waals surface area contributed by atoms with Gasteiger partial charge < -0.3 is 0 Å². The highest BCUT2D eigenvalue weighted by molar-refractivity contribution is 5.81. The number of Topliss-reactive ketones (excluding diaryl/α,β-unsaturated/α-hetero) is 1. The average Bonchev–Trinajstić information content (AvgIpc) is 2.14. The minimum Gasteiger partial charge on any atom is -0.299 e. The molecule has 0 amide bonds. The summed E-state index contributed by atoms with van der Waals surface area (Å²) in [5.41, 5.74) is 0. The van der Waals surface area contributed by atoms with Crippen molar-refractivity contribution < 1.29 is 4.79 Å². The van der Waals surface area contributed by atoms with Crippen molar-refractivity contribution in [2.45, 2.75) is 46.5 Å². The zero-order valence-electron chi connectivity index (χ0n) is 8.47. The van der Waals surface area contributed by atoms with E-state index < -0.39 is 0 Å². The van der Waals surface area contributed by atoms with Crippen LogP contribution in [0.3, 0.4) is 0 Å². The van der Waals surface area contributed by atoms with E-state index in [2.05, 4.69) is 20.8 Å². The third-order valence-corrected chi connectivity index (χ3v) is 3.07. The van der Waals surface area contributed by atoms with Crippen LogP contribution in [0, 0.1) is 17.8 Å². The molecule has 0 saturated heterocycles. The van der Waals surface area contributed by atoms with Crippen LogP contribution >= 0.6 is 0 Å². The van der Waals surface area contributed by atoms with Crippen LogP contribution in [0.4, 0.5) is 0 Å². The third kappa shape index (κ3) is 2.33. The Morgan fingerprint density at radius 1 is 1.25 bits per heavy atom. The van der Waals surface area contributed by atoms with Crippen LogP contribution in [0.2, 0.25) is 0 Å². The van der Waals surface area contributed by atoms with Crippen molar-refractivity contribution in [1.29, 1.82) is 0 Å². The Labute approximate surface area is 75.5 Å². The summed E-state index contributed by atoms with van der Waals surface area (Å²) in [5.74, 6) is 2.17. The maximum absolute atomic E-state index is 11.6. The molecular weight excluding hydrogens is 148 g/mol. The van der Waals surface area contributed by atoms with Crippen LogP contribution in [-0.2, 0) is 4.79 Å². The van der Waals surface area contributed by atoms with Gasteiger partial charge in [0.05, 0.1) is 0 Å². The van der Waals surface area contributed by atoms with Crippen molar-refractivity contribution in [3.63, 3.8) is 0 Å². The van der Waals surface area contributed by atoms with E-state index >= 15 is 0 Å². The predicted molar refractivity (Wildman–Crippen MR) is 51.0 cm³/mol. The summed E-state index contributed by atoms with van der Waals surface area (Å²) >= 11 is 0. The minimum absolute atomic E-state index is 0.356. The molecule has 70 valence electrons. The Morgan fingerprint density at radius 2 is 1.92 bits per heavy atom. The van der Waals surface area contributed by atoms with Crippen LogP contribution in [-0.4, -0.2) is 5.78 Å². The van der Waals surface area contributed by atoms with Gasteiger partial charge in [-0.1, -0.05) is 20.8 Å². The van der Waals surface area contributed by atoms with Crippen molar-refractivity contribution in [3.8, 4) is 0 Å². The second-order valence-electron chi connectivity index (χ2n) is 4.54. The Morgan fingerprint density at radius 3 is 2.50 bits per heavy atom. The number of carbonyl (C=O) groups excluding carboxylic acids is 1. The highest BCUT2D eigenvalue weighted by Crippen LogP contribution is 2.28. The monoisotopic (exact) mass is 168 g/mol. The number of rotatable bonds is 1. The first-order chi connectivity index (χ1) is 5.61. The van der Waals surface area contributed by atoms with Crippen LogP contribution in [0.25, 0.3) is 0 Å². The predicted octanol–water partition coefficient (Wildman–Crippen LogP) is 3.04. The van der Waals surface area contributed by atoms with Crippen molar-refractivity contribution in [2.75, 3.05) is 0 Å². The molecule has 1 nitrogen and oxygen atoms in total. The average molecular weight is 168 g/mol. The summed E-state index contributed by atoms with van der Waals surface area (Å²) in [6.07, 6.45) is 4.30. The van der Waals surface area contributed by atoms with E-state index in [-0.39, 0.29) is 0 Å². The van der Waals surface area contributed by atoms with Crippen LogP contribution < -0.4 is 0 Å². The van der Waals surface area contributed by atoms with Gasteiger partial charge in [-0.05, 0) is 31.1 Å². The molecule has 0 radical (unpaired) electrons. The van der Waals surface area contributed by atoms with E-state index in [0.29, 0.717) is 17.6 Å². The van der Waals surface area contributed by atoms with Gasteiger partial charge in [-0.3, -0.25) is 4.79 Å². The Hall–Kier alpha value is -0.330. The molecule has 0 aromatic heterocycles. The molecule has 12 heavy (non-hydrogen) atoms. The van der Waals surface area contributed by atoms with Crippen LogP contribution in [0.15, 0.2) is 0 Å². The quantitative estimate of drug-likeness (QED) is 0.550. The van der Waals surface area contributed by atoms with Crippen LogP contribution in [0.5, 0.6) is 0 Å². The van der Waals surface area contributed by atoms with E-state index in [1.54, 1.807) is 0 Å². The molecule has 0 spiro atoms. The van der Waals surface area contributed by atoms with E-state index in [0.717, 1.165) is 25.2 Å². The lowest BCUT2D eigenvalue weighted by atomic mass is 9.88. The van der Waals surface area contributed by atoms with E-state index in [9.17, 15) is 4.79 Å². The van der Waals surface area contributed by atoms with Gasteiger partial charge in [-0.2, -0.15) is 0 Å². The summed E-state index contributed by atoms with van der Waals surface area (Å²) in [4.78, 5) is 11.6. The fourth-order valence-electron chi connectivity index (χ4n) is 2.05. The Kier molecular flexibility index (Phi) is 3.30. The summed E-state index contributed by atoms with van der Waals surface area (Å²) in [5, 5.41) is 0. The molecular formula is C11H20O. The summed E-state index contributed by atoms with van der Waals surface area (Å²) < 4.78 is 0. The first kappa shape index (κ1) is 9.76. The molecule has 1 fully saturated rings. The standard InChI is InChI=1S/C11H20O/c1-8(2)10-6-4-9(3)5-7-11(10)12/h8-10H,4-7H2,1-3H3/t9-,10-/m1/s1. The van der Waals surface area contributed by atoms with E-state index in [4.69, 9.17) is 0 Å². The molecule has 1 rings (SSSR count). The van der Waals surface area contributed by atoms with Gasteiger partial charge >= 0.3 is 0 Å². The number of hydrogen-bond acceptors (Lipinski definition) is 1. The van der Waals surface area contributed by atoms with Gasteiger partial charge in [-0.15, -0.1) is 0 Å². The molecule has 1 aliphatic rings. The zero-order chi connectivity index (χ0) is 9.14. The number of ketones is 1. The maximum atomic E-state index is 11.6. The molecule has 1 aliphatic carbocycles. The molecule has 0 unspecified atom stereocenters. The molecule has 0 aromatic rings. The van der Waals surface area contributed by atoms with E-state index in [1.807, 2.05) is 0 Å². The second-order valence-corrected chi connectivity index (χ2v) is 4.54. The second kappa shape index (κ2) is 4.06. The minimum atomic E-state index is 0.356. The molecule has 1 heteroatoms. The molecule has 0 N–H and O–H groups in total. The lowest BCUT2D eigenvalue weighted by molar-refractivity contribution is -0.124. The maximum Gasteiger partial charge on any atom is 0.136 e. The van der Waals surface area contributed by atoms with Crippen molar-refractivity contribution in [1.82, 2.24) is 0 Å². The lowest BCUT2D eigenvalue weighted by Crippen LogP contribution is -2.18. The molecule has 1 saturated carbocycles. The lowest BCUT2D eigenvalue weighted by Gasteiger charge is -2.16.